The minimum Gasteiger partial charge on any atom is -0.497 e. The van der Waals surface area contributed by atoms with E-state index >= 15 is 0 Å². The number of hydrogen-bond donors (Lipinski definition) is 3. The molecule has 0 spiro atoms. The molecule has 0 atom stereocenters. The van der Waals surface area contributed by atoms with Gasteiger partial charge in [0.25, 0.3) is 11.5 Å². The SMILES string of the molecule is COc1ccc(NC(=O)c2n[nH]c(=O)[nH]c2=O)cc1. The van der Waals surface area contributed by atoms with E-state index in [1.165, 1.54) is 7.11 Å². The standard InChI is InChI=1S/C11H10N4O4/c1-19-7-4-2-6(3-5-7)12-9(16)8-10(17)13-11(18)15-14-8/h2-5H,1H3,(H,12,16)(H2,13,15,17,18). The van der Waals surface area contributed by atoms with E-state index in [1.54, 1.807) is 24.3 Å². The summed E-state index contributed by atoms with van der Waals surface area (Å²) in [5, 5.41) is 7.84. The third-order valence-electron chi connectivity index (χ3n) is 2.27. The molecule has 1 aromatic carbocycles. The Hall–Kier alpha value is -2.90. The van der Waals surface area contributed by atoms with E-state index in [0.717, 1.165) is 0 Å². The van der Waals surface area contributed by atoms with Crippen LogP contribution in [0.5, 0.6) is 5.75 Å². The maximum Gasteiger partial charge on any atom is 0.342 e. The van der Waals surface area contributed by atoms with Crippen LogP contribution in [-0.2, 0) is 0 Å². The largest absolute Gasteiger partial charge is 0.497 e. The topological polar surface area (TPSA) is 117 Å². The molecule has 0 aliphatic rings. The summed E-state index contributed by atoms with van der Waals surface area (Å²) in [5.41, 5.74) is -1.57. The van der Waals surface area contributed by atoms with E-state index < -0.39 is 22.9 Å². The summed E-state index contributed by atoms with van der Waals surface area (Å²) >= 11 is 0. The number of anilines is 1. The highest BCUT2D eigenvalue weighted by atomic mass is 16.5. The number of carbonyl (C=O) groups excluding carboxylic acids is 1. The maximum atomic E-state index is 11.8. The number of ether oxygens (including phenoxy) is 1. The molecule has 0 aliphatic heterocycles. The number of nitrogens with zero attached hydrogens (tertiary/aromatic N) is 1. The number of carbonyl (C=O) groups is 1. The zero-order valence-electron chi connectivity index (χ0n) is 9.89. The monoisotopic (exact) mass is 262 g/mol. The number of benzene rings is 1. The molecule has 1 heterocycles. The van der Waals surface area contributed by atoms with Gasteiger partial charge in [-0.2, -0.15) is 5.10 Å². The minimum absolute atomic E-state index is 0.421. The fourth-order valence-corrected chi connectivity index (χ4v) is 1.37. The van der Waals surface area contributed by atoms with Crippen LogP contribution in [0.3, 0.4) is 0 Å². The van der Waals surface area contributed by atoms with Crippen molar-refractivity contribution in [3.05, 3.63) is 50.8 Å². The Bertz CT molecular complexity index is 702. The van der Waals surface area contributed by atoms with Crippen LogP contribution in [0.2, 0.25) is 0 Å². The second kappa shape index (κ2) is 5.17. The lowest BCUT2D eigenvalue weighted by atomic mass is 10.3. The van der Waals surface area contributed by atoms with Crippen molar-refractivity contribution in [2.24, 2.45) is 0 Å². The Morgan fingerprint density at radius 1 is 1.26 bits per heavy atom. The van der Waals surface area contributed by atoms with Crippen LogP contribution >= 0.6 is 0 Å². The van der Waals surface area contributed by atoms with Crippen molar-refractivity contribution in [1.29, 1.82) is 0 Å². The summed E-state index contributed by atoms with van der Waals surface area (Å²) in [6.07, 6.45) is 0. The van der Waals surface area contributed by atoms with Crippen molar-refractivity contribution < 1.29 is 9.53 Å². The van der Waals surface area contributed by atoms with Gasteiger partial charge >= 0.3 is 5.69 Å². The quantitative estimate of drug-likeness (QED) is 0.703. The lowest BCUT2D eigenvalue weighted by molar-refractivity contribution is 0.101. The third kappa shape index (κ3) is 2.86. The fraction of sp³-hybridized carbons (Fsp3) is 0.0909. The molecule has 0 saturated heterocycles. The van der Waals surface area contributed by atoms with Gasteiger partial charge in [-0.1, -0.05) is 0 Å². The van der Waals surface area contributed by atoms with E-state index in [0.29, 0.717) is 11.4 Å². The van der Waals surface area contributed by atoms with Gasteiger partial charge in [0.2, 0.25) is 5.69 Å². The highest BCUT2D eigenvalue weighted by Crippen LogP contribution is 2.15. The molecular weight excluding hydrogens is 252 g/mol. The zero-order valence-corrected chi connectivity index (χ0v) is 9.89. The first-order chi connectivity index (χ1) is 9.10. The van der Waals surface area contributed by atoms with Gasteiger partial charge in [-0.3, -0.25) is 14.6 Å². The van der Waals surface area contributed by atoms with E-state index in [-0.39, 0.29) is 0 Å². The maximum absolute atomic E-state index is 11.8. The zero-order chi connectivity index (χ0) is 13.8. The Labute approximate surface area is 106 Å². The van der Waals surface area contributed by atoms with Gasteiger partial charge in [-0.05, 0) is 24.3 Å². The number of methoxy groups -OCH3 is 1. The van der Waals surface area contributed by atoms with Gasteiger partial charge in [0.1, 0.15) is 5.75 Å². The smallest absolute Gasteiger partial charge is 0.342 e. The van der Waals surface area contributed by atoms with Crippen molar-refractivity contribution in [3.8, 4) is 5.75 Å². The molecule has 0 saturated carbocycles. The number of hydrogen-bond acceptors (Lipinski definition) is 5. The molecule has 0 fully saturated rings. The van der Waals surface area contributed by atoms with Crippen LogP contribution in [0.4, 0.5) is 5.69 Å². The van der Waals surface area contributed by atoms with Crippen molar-refractivity contribution in [2.45, 2.75) is 0 Å². The first-order valence-electron chi connectivity index (χ1n) is 5.24. The third-order valence-corrected chi connectivity index (χ3v) is 2.27. The van der Waals surface area contributed by atoms with Crippen LogP contribution < -0.4 is 21.3 Å². The molecule has 19 heavy (non-hydrogen) atoms. The van der Waals surface area contributed by atoms with Gasteiger partial charge in [0.15, 0.2) is 0 Å². The van der Waals surface area contributed by atoms with E-state index in [4.69, 9.17) is 4.74 Å². The summed E-state index contributed by atoms with van der Waals surface area (Å²) in [6, 6.07) is 6.52. The van der Waals surface area contributed by atoms with Gasteiger partial charge in [0, 0.05) is 5.69 Å². The lowest BCUT2D eigenvalue weighted by Crippen LogP contribution is -2.32. The van der Waals surface area contributed by atoms with Crippen molar-refractivity contribution in [3.63, 3.8) is 0 Å². The molecule has 3 N–H and O–H groups in total. The van der Waals surface area contributed by atoms with Gasteiger partial charge in [-0.15, -0.1) is 0 Å². The van der Waals surface area contributed by atoms with Crippen LogP contribution in [0.1, 0.15) is 10.5 Å². The van der Waals surface area contributed by atoms with Gasteiger partial charge in [0.05, 0.1) is 7.11 Å². The Balaban J connectivity index is 2.20. The lowest BCUT2D eigenvalue weighted by Gasteiger charge is -2.04. The summed E-state index contributed by atoms with van der Waals surface area (Å²) in [4.78, 5) is 35.8. The molecule has 2 aromatic rings. The second-order valence-electron chi connectivity index (χ2n) is 3.54. The summed E-state index contributed by atoms with van der Waals surface area (Å²) in [5.74, 6) is -0.0827. The van der Waals surface area contributed by atoms with Crippen molar-refractivity contribution in [2.75, 3.05) is 12.4 Å². The molecule has 8 heteroatoms. The highest BCUT2D eigenvalue weighted by molar-refractivity contribution is 6.02. The summed E-state index contributed by atoms with van der Waals surface area (Å²) in [6.45, 7) is 0. The molecule has 0 radical (unpaired) electrons. The van der Waals surface area contributed by atoms with Crippen LogP contribution in [0, 0.1) is 0 Å². The average molecular weight is 262 g/mol. The van der Waals surface area contributed by atoms with Gasteiger partial charge < -0.3 is 10.1 Å². The number of nitrogens with one attached hydrogen (secondary N) is 3. The molecule has 8 nitrogen and oxygen atoms in total. The molecular formula is C11H10N4O4. The first kappa shape index (κ1) is 12.6. The predicted molar refractivity (Wildman–Crippen MR) is 66.4 cm³/mol. The van der Waals surface area contributed by atoms with E-state index in [9.17, 15) is 14.4 Å². The van der Waals surface area contributed by atoms with Crippen molar-refractivity contribution >= 4 is 11.6 Å². The number of aromatic amines is 2. The molecule has 1 aromatic heterocycles. The molecule has 0 bridgehead atoms. The summed E-state index contributed by atoms with van der Waals surface area (Å²) < 4.78 is 4.97. The second-order valence-corrected chi connectivity index (χ2v) is 3.54. The Morgan fingerprint density at radius 3 is 2.53 bits per heavy atom. The summed E-state index contributed by atoms with van der Waals surface area (Å²) in [7, 11) is 1.53. The van der Waals surface area contributed by atoms with E-state index in [1.807, 2.05) is 10.1 Å². The van der Waals surface area contributed by atoms with Crippen molar-refractivity contribution in [1.82, 2.24) is 15.2 Å². The van der Waals surface area contributed by atoms with Gasteiger partial charge in [-0.25, -0.2) is 9.89 Å². The fourth-order valence-electron chi connectivity index (χ4n) is 1.37. The number of H-pyrrole nitrogens is 2. The Morgan fingerprint density at radius 2 is 1.95 bits per heavy atom. The number of rotatable bonds is 3. The molecule has 0 unspecified atom stereocenters. The normalized spacial score (nSPS) is 9.95. The first-order valence-corrected chi connectivity index (χ1v) is 5.24. The predicted octanol–water partition coefficient (Wildman–Crippen LogP) is -0.281. The molecule has 98 valence electrons. The van der Waals surface area contributed by atoms with Crippen LogP contribution in [0.15, 0.2) is 33.9 Å². The minimum atomic E-state index is -0.852. The van der Waals surface area contributed by atoms with E-state index in [2.05, 4.69) is 10.4 Å². The number of aromatic nitrogens is 3. The van der Waals surface area contributed by atoms with Crippen LogP contribution in [-0.4, -0.2) is 28.2 Å². The molecule has 0 aliphatic carbocycles. The highest BCUT2D eigenvalue weighted by Gasteiger charge is 2.13. The molecule has 2 rings (SSSR count). The average Bonchev–Trinajstić information content (AvgIpc) is 2.39. The molecule has 1 amide bonds. The Kier molecular flexibility index (Phi) is 3.42. The number of amides is 1. The van der Waals surface area contributed by atoms with Crippen LogP contribution in [0.25, 0.3) is 0 Å².